The molecule has 0 saturated heterocycles. The van der Waals surface area contributed by atoms with E-state index in [0.29, 0.717) is 12.2 Å². The van der Waals surface area contributed by atoms with Crippen molar-refractivity contribution in [2.24, 2.45) is 0 Å². The first-order valence-corrected chi connectivity index (χ1v) is 7.20. The van der Waals surface area contributed by atoms with Crippen LogP contribution < -0.4 is 15.0 Å². The van der Waals surface area contributed by atoms with Gasteiger partial charge in [0.25, 0.3) is 0 Å². The lowest BCUT2D eigenvalue weighted by molar-refractivity contribution is -0.115. The average molecular weight is 336 g/mol. The molecule has 0 bridgehead atoms. The molecule has 0 fully saturated rings. The number of nitrogens with one attached hydrogen (secondary N) is 1. The summed E-state index contributed by atoms with van der Waals surface area (Å²) in [5.74, 6) is 0.734. The van der Waals surface area contributed by atoms with Crippen molar-refractivity contribution in [3.8, 4) is 5.75 Å². The van der Waals surface area contributed by atoms with E-state index >= 15 is 0 Å². The minimum absolute atomic E-state index is 0.0337. The molecule has 2 heterocycles. The summed E-state index contributed by atoms with van der Waals surface area (Å²) in [5, 5.41) is 2.18. The van der Waals surface area contributed by atoms with E-state index in [-0.39, 0.29) is 5.95 Å². The minimum atomic E-state index is -4.31. The molecular weight excluding hydrogens is 321 g/mol. The second-order valence-electron chi connectivity index (χ2n) is 5.21. The molecule has 1 N–H and O–H groups in total. The lowest BCUT2D eigenvalue weighted by Gasteiger charge is -2.25. The summed E-state index contributed by atoms with van der Waals surface area (Å²) >= 11 is 0. The largest absolute Gasteiger partial charge is 0.497 e. The Morgan fingerprint density at radius 2 is 2.00 bits per heavy atom. The number of hydrogen-bond acceptors (Lipinski definition) is 5. The number of hydrogen-bond donors (Lipinski definition) is 1. The van der Waals surface area contributed by atoms with Gasteiger partial charge >= 0.3 is 6.18 Å². The van der Waals surface area contributed by atoms with E-state index in [9.17, 15) is 13.2 Å². The number of anilines is 2. The van der Waals surface area contributed by atoms with Gasteiger partial charge in [-0.3, -0.25) is 0 Å². The molecule has 1 aliphatic rings. The molecule has 1 aromatic heterocycles. The number of halogens is 3. The van der Waals surface area contributed by atoms with Gasteiger partial charge in [-0.15, -0.1) is 0 Å². The van der Waals surface area contributed by atoms with Crippen LogP contribution >= 0.6 is 0 Å². The van der Waals surface area contributed by atoms with E-state index in [2.05, 4.69) is 15.3 Å². The maximum absolute atomic E-state index is 12.2. The van der Waals surface area contributed by atoms with Crippen LogP contribution in [0.25, 0.3) is 6.08 Å². The standard InChI is InChI=1S/C16H15F3N4O/c1-24-13-4-2-12(3-5-13)23-7-6-14-11(9-23)8-20-15(22-14)21-10-16(17,18)19/h2-8H,9-10H2,1H3,(H,20,21,22). The minimum Gasteiger partial charge on any atom is -0.497 e. The molecule has 0 saturated carbocycles. The Morgan fingerprint density at radius 1 is 1.25 bits per heavy atom. The van der Waals surface area contributed by atoms with Gasteiger partial charge in [-0.2, -0.15) is 13.2 Å². The van der Waals surface area contributed by atoms with Crippen molar-refractivity contribution < 1.29 is 17.9 Å². The van der Waals surface area contributed by atoms with Crippen molar-refractivity contribution in [2.75, 3.05) is 23.9 Å². The van der Waals surface area contributed by atoms with Crippen molar-refractivity contribution in [1.82, 2.24) is 9.97 Å². The van der Waals surface area contributed by atoms with Gasteiger partial charge in [0.2, 0.25) is 5.95 Å². The third-order valence-electron chi connectivity index (χ3n) is 3.50. The highest BCUT2D eigenvalue weighted by atomic mass is 19.4. The first-order valence-electron chi connectivity index (χ1n) is 7.20. The summed E-state index contributed by atoms with van der Waals surface area (Å²) in [5.41, 5.74) is 2.42. The number of methoxy groups -OCH3 is 1. The van der Waals surface area contributed by atoms with Gasteiger partial charge in [0.15, 0.2) is 0 Å². The Hall–Kier alpha value is -2.77. The summed E-state index contributed by atoms with van der Waals surface area (Å²) < 4.78 is 41.8. The average Bonchev–Trinajstić information content (AvgIpc) is 2.59. The molecule has 126 valence electrons. The van der Waals surface area contributed by atoms with Crippen LogP contribution in [0, 0.1) is 0 Å². The van der Waals surface area contributed by atoms with Gasteiger partial charge < -0.3 is 15.0 Å². The van der Waals surface area contributed by atoms with E-state index in [1.54, 1.807) is 19.4 Å². The van der Waals surface area contributed by atoms with Crippen molar-refractivity contribution >= 4 is 17.7 Å². The predicted octanol–water partition coefficient (Wildman–Crippen LogP) is 3.45. The smallest absolute Gasteiger partial charge is 0.405 e. The lowest BCUT2D eigenvalue weighted by Crippen LogP contribution is -2.24. The third kappa shape index (κ3) is 3.76. The second kappa shape index (κ2) is 6.38. The molecule has 24 heavy (non-hydrogen) atoms. The number of fused-ring (bicyclic) bond motifs is 1. The van der Waals surface area contributed by atoms with E-state index in [4.69, 9.17) is 4.74 Å². The van der Waals surface area contributed by atoms with Crippen LogP contribution in [0.5, 0.6) is 5.75 Å². The van der Waals surface area contributed by atoms with E-state index < -0.39 is 12.7 Å². The van der Waals surface area contributed by atoms with Crippen LogP contribution in [0.3, 0.4) is 0 Å². The molecule has 2 aromatic rings. The molecule has 0 amide bonds. The Balaban J connectivity index is 1.73. The van der Waals surface area contributed by atoms with Crippen molar-refractivity contribution in [2.45, 2.75) is 12.7 Å². The zero-order valence-corrected chi connectivity index (χ0v) is 12.8. The fourth-order valence-electron chi connectivity index (χ4n) is 2.30. The van der Waals surface area contributed by atoms with E-state index in [1.807, 2.05) is 35.4 Å². The lowest BCUT2D eigenvalue weighted by atomic mass is 10.1. The molecule has 8 heteroatoms. The van der Waals surface area contributed by atoms with Crippen LogP contribution in [0.15, 0.2) is 36.7 Å². The zero-order valence-electron chi connectivity index (χ0n) is 12.8. The normalized spacial score (nSPS) is 13.6. The number of alkyl halides is 3. The van der Waals surface area contributed by atoms with Crippen molar-refractivity contribution in [1.29, 1.82) is 0 Å². The number of nitrogens with zero attached hydrogens (tertiary/aromatic N) is 3. The maximum Gasteiger partial charge on any atom is 0.405 e. The fourth-order valence-corrected chi connectivity index (χ4v) is 2.30. The SMILES string of the molecule is COc1ccc(N2C=Cc3nc(NCC(F)(F)F)ncc3C2)cc1. The van der Waals surface area contributed by atoms with Crippen LogP contribution in [-0.4, -0.2) is 29.8 Å². The molecule has 5 nitrogen and oxygen atoms in total. The van der Waals surface area contributed by atoms with Gasteiger partial charge in [-0.1, -0.05) is 0 Å². The quantitative estimate of drug-likeness (QED) is 0.927. The first-order chi connectivity index (χ1) is 11.4. The summed E-state index contributed by atoms with van der Waals surface area (Å²) in [6.45, 7) is -0.620. The van der Waals surface area contributed by atoms with Crippen LogP contribution in [-0.2, 0) is 6.54 Å². The molecule has 3 rings (SSSR count). The Kier molecular flexibility index (Phi) is 4.28. The van der Waals surface area contributed by atoms with Crippen LogP contribution in [0.2, 0.25) is 0 Å². The second-order valence-corrected chi connectivity index (χ2v) is 5.21. The summed E-state index contributed by atoms with van der Waals surface area (Å²) in [6, 6.07) is 7.57. The molecule has 0 unspecified atom stereocenters. The van der Waals surface area contributed by atoms with Crippen LogP contribution in [0.4, 0.5) is 24.8 Å². The molecule has 0 aliphatic carbocycles. The highest BCUT2D eigenvalue weighted by Gasteiger charge is 2.27. The van der Waals surface area contributed by atoms with Gasteiger partial charge in [0.1, 0.15) is 12.3 Å². The number of benzene rings is 1. The summed E-state index contributed by atoms with van der Waals surface area (Å²) in [7, 11) is 1.60. The molecule has 0 radical (unpaired) electrons. The number of rotatable bonds is 4. The number of ether oxygens (including phenoxy) is 1. The zero-order chi connectivity index (χ0) is 17.2. The summed E-state index contributed by atoms with van der Waals surface area (Å²) in [6.07, 6.45) is 0.829. The molecular formula is C16H15F3N4O. The van der Waals surface area contributed by atoms with Gasteiger partial charge in [0, 0.05) is 23.6 Å². The molecule has 0 spiro atoms. The molecule has 1 aromatic carbocycles. The van der Waals surface area contributed by atoms with Gasteiger partial charge in [-0.25, -0.2) is 9.97 Å². The first kappa shape index (κ1) is 16.1. The van der Waals surface area contributed by atoms with E-state index in [0.717, 1.165) is 17.0 Å². The molecule has 0 atom stereocenters. The van der Waals surface area contributed by atoms with Crippen molar-refractivity contribution in [3.05, 3.63) is 47.9 Å². The van der Waals surface area contributed by atoms with Gasteiger partial charge in [0.05, 0.1) is 19.3 Å². The van der Waals surface area contributed by atoms with Crippen molar-refractivity contribution in [3.63, 3.8) is 0 Å². The summed E-state index contributed by atoms with van der Waals surface area (Å²) in [4.78, 5) is 10.1. The Bertz CT molecular complexity index is 744. The number of aromatic nitrogens is 2. The Morgan fingerprint density at radius 3 is 2.67 bits per heavy atom. The molecule has 1 aliphatic heterocycles. The third-order valence-corrected chi connectivity index (χ3v) is 3.50. The van der Waals surface area contributed by atoms with E-state index in [1.165, 1.54) is 0 Å². The predicted molar refractivity (Wildman–Crippen MR) is 84.8 cm³/mol. The highest BCUT2D eigenvalue weighted by molar-refractivity contribution is 5.62. The fraction of sp³-hybridized carbons (Fsp3) is 0.250. The monoisotopic (exact) mass is 336 g/mol. The highest BCUT2D eigenvalue weighted by Crippen LogP contribution is 2.26. The topological polar surface area (TPSA) is 50.3 Å². The van der Waals surface area contributed by atoms with Gasteiger partial charge in [-0.05, 0) is 30.3 Å². The maximum atomic E-state index is 12.2. The Labute approximate surface area is 136 Å². The van der Waals surface area contributed by atoms with Crippen LogP contribution in [0.1, 0.15) is 11.3 Å².